The van der Waals surface area contributed by atoms with Gasteiger partial charge in [0.15, 0.2) is 0 Å². The van der Waals surface area contributed by atoms with Gasteiger partial charge in [0.1, 0.15) is 5.01 Å². The van der Waals surface area contributed by atoms with Crippen LogP contribution in [0.1, 0.15) is 33.9 Å². The molecule has 4 rings (SSSR count). The minimum absolute atomic E-state index is 0.271. The van der Waals surface area contributed by atoms with Crippen molar-refractivity contribution in [2.75, 3.05) is 26.4 Å². The van der Waals surface area contributed by atoms with E-state index in [0.29, 0.717) is 19.3 Å². The van der Waals surface area contributed by atoms with E-state index in [0.717, 1.165) is 31.2 Å². The molecule has 0 aromatic carbocycles. The van der Waals surface area contributed by atoms with Gasteiger partial charge in [0.05, 0.1) is 19.3 Å². The number of ether oxygens (including phenoxy) is 3. The Morgan fingerprint density at radius 1 is 1.12 bits per heavy atom. The van der Waals surface area contributed by atoms with Gasteiger partial charge in [0.25, 0.3) is 0 Å². The zero-order valence-corrected chi connectivity index (χ0v) is 15.2. The number of nitrogens with zero attached hydrogens (tertiary/aromatic N) is 2. The third-order valence-corrected chi connectivity index (χ3v) is 6.08. The van der Waals surface area contributed by atoms with E-state index in [1.54, 1.807) is 11.3 Å². The average Bonchev–Trinajstić information content (AvgIpc) is 3.37. The van der Waals surface area contributed by atoms with Gasteiger partial charge in [0, 0.05) is 42.2 Å². The molecule has 2 fully saturated rings. The van der Waals surface area contributed by atoms with Gasteiger partial charge in [-0.3, -0.25) is 4.90 Å². The van der Waals surface area contributed by atoms with Crippen LogP contribution < -0.4 is 0 Å². The third-order valence-electron chi connectivity index (χ3n) is 4.22. The fraction of sp³-hybridized carbons (Fsp3) is 0.588. The smallest absolute Gasteiger partial charge is 0.211 e. The van der Waals surface area contributed by atoms with Crippen LogP contribution in [-0.2, 0) is 27.3 Å². The van der Waals surface area contributed by atoms with Crippen LogP contribution in [-0.4, -0.2) is 42.4 Å². The molecule has 0 aliphatic carbocycles. The standard InChI is InChI=1S/C17H22N2O3S2/c1-3-13(20-5-1)10-19(11-14-4-2-8-23-14)12-15-9-18-16(24-15)17-21-6-7-22-17/h2,4,8-9,13,17H,1,3,5-7,10-12H2/t13-/m0/s1. The number of thiophene rings is 1. The van der Waals surface area contributed by atoms with Gasteiger partial charge in [-0.05, 0) is 24.3 Å². The second-order valence-electron chi connectivity index (χ2n) is 6.12. The molecule has 2 aliphatic rings. The second kappa shape index (κ2) is 8.03. The Balaban J connectivity index is 1.41. The molecule has 2 aromatic heterocycles. The highest BCUT2D eigenvalue weighted by atomic mass is 32.1. The van der Waals surface area contributed by atoms with Gasteiger partial charge in [-0.25, -0.2) is 4.98 Å². The molecule has 0 bridgehead atoms. The lowest BCUT2D eigenvalue weighted by Gasteiger charge is -2.24. The number of hydrogen-bond donors (Lipinski definition) is 0. The lowest BCUT2D eigenvalue weighted by Crippen LogP contribution is -2.31. The Bertz CT molecular complexity index is 620. The van der Waals surface area contributed by atoms with E-state index in [1.165, 1.54) is 22.6 Å². The highest BCUT2D eigenvalue weighted by molar-refractivity contribution is 7.11. The molecule has 0 radical (unpaired) electrons. The zero-order valence-electron chi connectivity index (χ0n) is 13.6. The molecule has 2 aromatic rings. The molecule has 2 aliphatic heterocycles. The third kappa shape index (κ3) is 4.22. The Kier molecular flexibility index (Phi) is 5.57. The van der Waals surface area contributed by atoms with Gasteiger partial charge in [0.2, 0.25) is 6.29 Å². The molecule has 7 heteroatoms. The van der Waals surface area contributed by atoms with Crippen LogP contribution in [0.25, 0.3) is 0 Å². The summed E-state index contributed by atoms with van der Waals surface area (Å²) < 4.78 is 16.9. The average molecular weight is 367 g/mol. The van der Waals surface area contributed by atoms with Crippen molar-refractivity contribution >= 4 is 22.7 Å². The fourth-order valence-electron chi connectivity index (χ4n) is 3.11. The molecule has 2 saturated heterocycles. The van der Waals surface area contributed by atoms with Crippen LogP contribution in [0.15, 0.2) is 23.7 Å². The van der Waals surface area contributed by atoms with E-state index in [9.17, 15) is 0 Å². The Labute approximate surface area is 150 Å². The fourth-order valence-corrected chi connectivity index (χ4v) is 4.82. The molecule has 130 valence electrons. The molecule has 0 spiro atoms. The predicted octanol–water partition coefficient (Wildman–Crippen LogP) is 3.43. The van der Waals surface area contributed by atoms with Crippen LogP contribution in [0.3, 0.4) is 0 Å². The highest BCUT2D eigenvalue weighted by Crippen LogP contribution is 2.28. The van der Waals surface area contributed by atoms with Gasteiger partial charge in [-0.1, -0.05) is 6.07 Å². The second-order valence-corrected chi connectivity index (χ2v) is 8.30. The first-order chi connectivity index (χ1) is 11.9. The maximum atomic E-state index is 5.84. The van der Waals surface area contributed by atoms with Crippen LogP contribution in [0.2, 0.25) is 0 Å². The van der Waals surface area contributed by atoms with Crippen LogP contribution in [0, 0.1) is 0 Å². The Hall–Kier alpha value is -0.830. The van der Waals surface area contributed by atoms with Crippen LogP contribution in [0.5, 0.6) is 0 Å². The molecule has 0 amide bonds. The lowest BCUT2D eigenvalue weighted by atomic mass is 10.2. The normalized spacial score (nSPS) is 22.0. The van der Waals surface area contributed by atoms with Gasteiger partial charge < -0.3 is 14.2 Å². The van der Waals surface area contributed by atoms with E-state index in [2.05, 4.69) is 27.4 Å². The summed E-state index contributed by atoms with van der Waals surface area (Å²) in [5, 5.41) is 3.06. The lowest BCUT2D eigenvalue weighted by molar-refractivity contribution is -0.0442. The van der Waals surface area contributed by atoms with Crippen LogP contribution >= 0.6 is 22.7 Å². The largest absolute Gasteiger partial charge is 0.377 e. The predicted molar refractivity (Wildman–Crippen MR) is 94.2 cm³/mol. The topological polar surface area (TPSA) is 43.8 Å². The van der Waals surface area contributed by atoms with Crippen LogP contribution in [0.4, 0.5) is 0 Å². The number of rotatable bonds is 7. The molecule has 1 atom stereocenters. The number of thiazole rings is 1. The Morgan fingerprint density at radius 2 is 2.00 bits per heavy atom. The summed E-state index contributed by atoms with van der Waals surface area (Å²) >= 11 is 3.50. The quantitative estimate of drug-likeness (QED) is 0.751. The van der Waals surface area contributed by atoms with Crippen molar-refractivity contribution in [2.45, 2.75) is 38.3 Å². The summed E-state index contributed by atoms with van der Waals surface area (Å²) in [6.45, 7) is 5.04. The summed E-state index contributed by atoms with van der Waals surface area (Å²) in [4.78, 5) is 9.60. The maximum Gasteiger partial charge on any atom is 0.211 e. The molecule has 0 unspecified atom stereocenters. The Morgan fingerprint density at radius 3 is 2.75 bits per heavy atom. The number of aromatic nitrogens is 1. The maximum absolute atomic E-state index is 5.84. The van der Waals surface area contributed by atoms with Crippen molar-refractivity contribution in [3.8, 4) is 0 Å². The molecular formula is C17H22N2O3S2. The molecule has 5 nitrogen and oxygen atoms in total. The SMILES string of the molecule is c1csc(CN(Cc2cnc(C3OCCO3)s2)C[C@@H]2CCCO2)c1. The molecule has 24 heavy (non-hydrogen) atoms. The first-order valence-electron chi connectivity index (χ1n) is 8.41. The number of hydrogen-bond acceptors (Lipinski definition) is 7. The molecule has 4 heterocycles. The van der Waals surface area contributed by atoms with Crippen molar-refractivity contribution < 1.29 is 14.2 Å². The van der Waals surface area contributed by atoms with E-state index in [4.69, 9.17) is 14.2 Å². The monoisotopic (exact) mass is 366 g/mol. The van der Waals surface area contributed by atoms with Crippen molar-refractivity contribution in [1.29, 1.82) is 0 Å². The van der Waals surface area contributed by atoms with E-state index in [1.807, 2.05) is 17.5 Å². The first kappa shape index (κ1) is 16.6. The molecule has 0 N–H and O–H groups in total. The van der Waals surface area contributed by atoms with Gasteiger partial charge >= 0.3 is 0 Å². The first-order valence-corrected chi connectivity index (χ1v) is 10.1. The van der Waals surface area contributed by atoms with E-state index >= 15 is 0 Å². The minimum atomic E-state index is -0.271. The summed E-state index contributed by atoms with van der Waals surface area (Å²) in [6, 6.07) is 4.31. The van der Waals surface area contributed by atoms with Crippen molar-refractivity contribution in [3.63, 3.8) is 0 Å². The molecule has 0 saturated carbocycles. The van der Waals surface area contributed by atoms with Crippen molar-refractivity contribution in [1.82, 2.24) is 9.88 Å². The summed E-state index contributed by atoms with van der Waals surface area (Å²) in [7, 11) is 0. The summed E-state index contributed by atoms with van der Waals surface area (Å²) in [5.41, 5.74) is 0. The van der Waals surface area contributed by atoms with Crippen molar-refractivity contribution in [3.05, 3.63) is 38.5 Å². The molecular weight excluding hydrogens is 344 g/mol. The van der Waals surface area contributed by atoms with Crippen molar-refractivity contribution in [2.24, 2.45) is 0 Å². The van der Waals surface area contributed by atoms with E-state index in [-0.39, 0.29) is 6.29 Å². The minimum Gasteiger partial charge on any atom is -0.377 e. The summed E-state index contributed by atoms with van der Waals surface area (Å²) in [5.74, 6) is 0. The zero-order chi connectivity index (χ0) is 16.2. The van der Waals surface area contributed by atoms with Gasteiger partial charge in [-0.15, -0.1) is 22.7 Å². The van der Waals surface area contributed by atoms with E-state index < -0.39 is 0 Å². The highest BCUT2D eigenvalue weighted by Gasteiger charge is 2.23. The summed E-state index contributed by atoms with van der Waals surface area (Å²) in [6.07, 6.45) is 4.39. The van der Waals surface area contributed by atoms with Gasteiger partial charge in [-0.2, -0.15) is 0 Å².